The number of fused-ring (bicyclic) bond motifs is 3. The smallest absolute Gasteiger partial charge is 0.254 e. The van der Waals surface area contributed by atoms with E-state index in [-0.39, 0.29) is 23.3 Å². The summed E-state index contributed by atoms with van der Waals surface area (Å²) in [5.74, 6) is 0.739. The lowest BCUT2D eigenvalue weighted by Gasteiger charge is -2.40. The number of carbonyl (C=O) groups excluding carboxylic acids is 2. The van der Waals surface area contributed by atoms with Gasteiger partial charge in [-0.15, -0.1) is 0 Å². The molecule has 0 radical (unpaired) electrons. The summed E-state index contributed by atoms with van der Waals surface area (Å²) in [6, 6.07) is 14.2. The van der Waals surface area contributed by atoms with Gasteiger partial charge >= 0.3 is 0 Å². The number of carbonyl (C=O) groups is 2. The minimum Gasteiger partial charge on any atom is -0.457 e. The van der Waals surface area contributed by atoms with Crippen molar-refractivity contribution in [3.8, 4) is 17.7 Å². The van der Waals surface area contributed by atoms with E-state index < -0.39 is 5.54 Å². The lowest BCUT2D eigenvalue weighted by Crippen LogP contribution is -2.57. The van der Waals surface area contributed by atoms with Crippen LogP contribution in [0.2, 0.25) is 5.02 Å². The molecule has 1 fully saturated rings. The Hall–Kier alpha value is -4.55. The predicted molar refractivity (Wildman–Crippen MR) is 139 cm³/mol. The first-order chi connectivity index (χ1) is 17.9. The molecule has 0 bridgehead atoms. The molecule has 2 aromatic carbocycles. The van der Waals surface area contributed by atoms with Gasteiger partial charge in [0.05, 0.1) is 40.1 Å². The van der Waals surface area contributed by atoms with Gasteiger partial charge in [0.2, 0.25) is 0 Å². The van der Waals surface area contributed by atoms with Crippen molar-refractivity contribution in [3.63, 3.8) is 0 Å². The largest absolute Gasteiger partial charge is 0.457 e. The zero-order valence-electron chi connectivity index (χ0n) is 19.8. The number of H-pyrrole nitrogens is 1. The number of benzene rings is 2. The summed E-state index contributed by atoms with van der Waals surface area (Å²) in [5, 5.41) is 13.6. The fourth-order valence-corrected chi connectivity index (χ4v) is 5.31. The molecule has 2 N–H and O–H groups in total. The molecule has 10 heteroatoms. The first kappa shape index (κ1) is 22.9. The number of hydrogen-bond acceptors (Lipinski definition) is 7. The van der Waals surface area contributed by atoms with E-state index in [9.17, 15) is 14.9 Å². The van der Waals surface area contributed by atoms with Crippen molar-refractivity contribution in [1.29, 1.82) is 5.26 Å². The molecule has 37 heavy (non-hydrogen) atoms. The number of likely N-dealkylation sites (N-methyl/N-ethyl adjacent to an activating group) is 1. The summed E-state index contributed by atoms with van der Waals surface area (Å²) in [7, 11) is 1.68. The average Bonchev–Trinajstić information content (AvgIpc) is 3.53. The number of amides is 1. The van der Waals surface area contributed by atoms with E-state index in [1.54, 1.807) is 47.4 Å². The number of hydrogen-bond donors (Lipinski definition) is 2. The highest BCUT2D eigenvalue weighted by atomic mass is 35.5. The molecule has 6 rings (SSSR count). The van der Waals surface area contributed by atoms with Crippen LogP contribution in [0.4, 0.5) is 11.4 Å². The molecule has 4 heterocycles. The summed E-state index contributed by atoms with van der Waals surface area (Å²) in [5.41, 5.74) is 1.41. The third-order valence-corrected chi connectivity index (χ3v) is 7.25. The number of ketones is 1. The van der Waals surface area contributed by atoms with Crippen LogP contribution in [-0.2, 0) is 4.79 Å². The summed E-state index contributed by atoms with van der Waals surface area (Å²) < 4.78 is 5.84. The van der Waals surface area contributed by atoms with Gasteiger partial charge in [0, 0.05) is 31.4 Å². The summed E-state index contributed by atoms with van der Waals surface area (Å²) in [6.45, 7) is 0.719. The van der Waals surface area contributed by atoms with Crippen LogP contribution in [-0.4, -0.2) is 52.2 Å². The van der Waals surface area contributed by atoms with Crippen LogP contribution in [0.15, 0.2) is 60.9 Å². The van der Waals surface area contributed by atoms with Gasteiger partial charge in [-0.1, -0.05) is 29.8 Å². The van der Waals surface area contributed by atoms with E-state index in [0.29, 0.717) is 58.0 Å². The van der Waals surface area contributed by atoms with E-state index >= 15 is 0 Å². The lowest BCUT2D eigenvalue weighted by atomic mass is 9.91. The maximum absolute atomic E-state index is 13.7. The first-order valence-corrected chi connectivity index (χ1v) is 12.1. The first-order valence-electron chi connectivity index (χ1n) is 11.7. The van der Waals surface area contributed by atoms with Crippen LogP contribution in [0, 0.1) is 11.5 Å². The Morgan fingerprint density at radius 2 is 2.00 bits per heavy atom. The second-order valence-electron chi connectivity index (χ2n) is 9.17. The molecule has 1 amide bonds. The maximum Gasteiger partial charge on any atom is 0.254 e. The number of para-hydroxylation sites is 1. The zero-order valence-corrected chi connectivity index (χ0v) is 20.5. The standard InChI is InChI=1S/C27H21ClN6O3/c1-33-21-13-31-25-22(23(21)32-27(26(33)36)9-10-34(14-27)15-29)19(12-30-25)24(35)18-8-7-17(11-20(18)28)37-16-5-3-2-4-6-16/h2-8,11-13,32H,9-10,14H2,1H3,(H,30,31). The van der Waals surface area contributed by atoms with Gasteiger partial charge < -0.3 is 24.8 Å². The van der Waals surface area contributed by atoms with Crippen molar-refractivity contribution in [2.45, 2.75) is 12.0 Å². The highest BCUT2D eigenvalue weighted by Gasteiger charge is 2.50. The second-order valence-corrected chi connectivity index (χ2v) is 9.58. The van der Waals surface area contributed by atoms with E-state index in [1.165, 1.54) is 0 Å². The van der Waals surface area contributed by atoms with Gasteiger partial charge in [-0.3, -0.25) is 9.59 Å². The lowest BCUT2D eigenvalue weighted by molar-refractivity contribution is -0.122. The number of nitrogens with zero attached hydrogens (tertiary/aromatic N) is 4. The predicted octanol–water partition coefficient (Wildman–Crippen LogP) is 4.55. The van der Waals surface area contributed by atoms with E-state index in [0.717, 1.165) is 0 Å². The van der Waals surface area contributed by atoms with Crippen molar-refractivity contribution >= 4 is 45.7 Å². The highest BCUT2D eigenvalue weighted by Crippen LogP contribution is 2.43. The third kappa shape index (κ3) is 3.65. The van der Waals surface area contributed by atoms with Crippen LogP contribution in [0.3, 0.4) is 0 Å². The molecule has 2 aliphatic rings. The number of aromatic nitrogens is 2. The molecular weight excluding hydrogens is 492 g/mol. The Bertz CT molecular complexity index is 1610. The Kier molecular flexibility index (Phi) is 5.28. The molecule has 4 aromatic rings. The van der Waals surface area contributed by atoms with Crippen molar-refractivity contribution < 1.29 is 14.3 Å². The molecule has 1 saturated heterocycles. The summed E-state index contributed by atoms with van der Waals surface area (Å²) in [6.07, 6.45) is 5.80. The normalized spacial score (nSPS) is 18.6. The minimum atomic E-state index is -0.961. The molecule has 2 aliphatic heterocycles. The molecule has 1 spiro atoms. The van der Waals surface area contributed by atoms with E-state index in [4.69, 9.17) is 16.3 Å². The van der Waals surface area contributed by atoms with Gasteiger partial charge in [-0.25, -0.2) is 4.98 Å². The van der Waals surface area contributed by atoms with Gasteiger partial charge in [0.25, 0.3) is 5.91 Å². The van der Waals surface area contributed by atoms with E-state index in [2.05, 4.69) is 21.5 Å². The number of pyridine rings is 1. The zero-order chi connectivity index (χ0) is 25.7. The monoisotopic (exact) mass is 512 g/mol. The topological polar surface area (TPSA) is 114 Å². The fraction of sp³-hybridized carbons (Fsp3) is 0.185. The van der Waals surface area contributed by atoms with Crippen LogP contribution >= 0.6 is 11.6 Å². The molecule has 9 nitrogen and oxygen atoms in total. The fourth-order valence-electron chi connectivity index (χ4n) is 5.05. The van der Waals surface area contributed by atoms with Crippen LogP contribution in [0.25, 0.3) is 11.0 Å². The van der Waals surface area contributed by atoms with Gasteiger partial charge in [-0.2, -0.15) is 5.26 Å². The molecule has 1 atom stereocenters. The highest BCUT2D eigenvalue weighted by molar-refractivity contribution is 6.36. The van der Waals surface area contributed by atoms with Crippen LogP contribution in [0.1, 0.15) is 22.3 Å². The van der Waals surface area contributed by atoms with Crippen LogP contribution < -0.4 is 15.0 Å². The SMILES string of the molecule is CN1C(=O)C2(CCN(C#N)C2)Nc2c1cnc1[nH]cc(C(=O)c3ccc(Oc4ccccc4)cc3Cl)c21. The van der Waals surface area contributed by atoms with Crippen molar-refractivity contribution in [3.05, 3.63) is 77.1 Å². The Morgan fingerprint density at radius 1 is 1.19 bits per heavy atom. The third-order valence-electron chi connectivity index (χ3n) is 6.94. The number of rotatable bonds is 4. The number of nitriles is 1. The van der Waals surface area contributed by atoms with Crippen LogP contribution in [0.5, 0.6) is 11.5 Å². The Balaban J connectivity index is 1.39. The second kappa shape index (κ2) is 8.54. The van der Waals surface area contributed by atoms with Gasteiger partial charge in [0.1, 0.15) is 22.7 Å². The number of likely N-dealkylation sites (tertiary alicyclic amines) is 1. The number of ether oxygens (including phenoxy) is 1. The van der Waals surface area contributed by atoms with E-state index in [1.807, 2.05) is 30.3 Å². The Labute approximate surface area is 217 Å². The number of halogens is 1. The number of aromatic amines is 1. The maximum atomic E-state index is 13.7. The Morgan fingerprint density at radius 3 is 2.73 bits per heavy atom. The summed E-state index contributed by atoms with van der Waals surface area (Å²) in [4.78, 5) is 37.6. The summed E-state index contributed by atoms with van der Waals surface area (Å²) >= 11 is 6.54. The molecular formula is C27H21ClN6O3. The molecule has 2 aromatic heterocycles. The number of anilines is 2. The average molecular weight is 513 g/mol. The minimum absolute atomic E-state index is 0.139. The van der Waals surface area contributed by atoms with Gasteiger partial charge in [-0.05, 0) is 30.7 Å². The molecule has 0 saturated carbocycles. The van der Waals surface area contributed by atoms with Crippen molar-refractivity contribution in [2.24, 2.45) is 0 Å². The number of nitrogens with one attached hydrogen (secondary N) is 2. The molecule has 184 valence electrons. The van der Waals surface area contributed by atoms with Crippen molar-refractivity contribution in [1.82, 2.24) is 14.9 Å². The quantitative estimate of drug-likeness (QED) is 0.304. The van der Waals surface area contributed by atoms with Gasteiger partial charge in [0.15, 0.2) is 12.0 Å². The molecule has 0 aliphatic carbocycles. The van der Waals surface area contributed by atoms with Crippen molar-refractivity contribution in [2.75, 3.05) is 30.4 Å². The molecule has 1 unspecified atom stereocenters.